The molecule has 0 saturated carbocycles. The van der Waals surface area contributed by atoms with Crippen molar-refractivity contribution in [1.29, 1.82) is 0 Å². The van der Waals surface area contributed by atoms with Gasteiger partial charge in [-0.1, -0.05) is 40.9 Å². The highest BCUT2D eigenvalue weighted by Crippen LogP contribution is 2.26. The van der Waals surface area contributed by atoms with Gasteiger partial charge in [-0.3, -0.25) is 9.52 Å². The topological polar surface area (TPSA) is 80.2 Å². The van der Waals surface area contributed by atoms with Crippen LogP contribution in [-0.4, -0.2) is 18.9 Å². The van der Waals surface area contributed by atoms with E-state index in [-0.39, 0.29) is 21.0 Å². The molecule has 6 nitrogen and oxygen atoms in total. The predicted octanol–water partition coefficient (Wildman–Crippen LogP) is 4.69. The second-order valence-corrected chi connectivity index (χ2v) is 8.62. The number of nitrogens with zero attached hydrogens (tertiary/aromatic N) is 1. The number of nitrogens with one attached hydrogen (secondary N) is 2. The molecule has 0 aliphatic rings. The molecule has 1 amide bonds. The van der Waals surface area contributed by atoms with Gasteiger partial charge in [0.15, 0.2) is 0 Å². The number of carbonyl (C=O) groups excluding carboxylic acids is 1. The standard InChI is InChI=1S/C19H17Cl2N3O3S/c1-12-3-9-15(10-4-12)28(26,27)23-14-7-5-13(6-8-14)22-19(25)17-11-16(20)18(21)24(17)2/h3-11,23H,1-2H3,(H,22,25). The fraction of sp³-hybridized carbons (Fsp3) is 0.105. The average molecular weight is 438 g/mol. The Morgan fingerprint density at radius 2 is 1.54 bits per heavy atom. The van der Waals surface area contributed by atoms with Gasteiger partial charge in [0.05, 0.1) is 9.92 Å². The summed E-state index contributed by atoms with van der Waals surface area (Å²) in [6, 6.07) is 14.3. The van der Waals surface area contributed by atoms with Gasteiger partial charge in [-0.05, 0) is 49.4 Å². The highest BCUT2D eigenvalue weighted by Gasteiger charge is 2.17. The van der Waals surface area contributed by atoms with Gasteiger partial charge < -0.3 is 9.88 Å². The third-order valence-electron chi connectivity index (χ3n) is 4.08. The number of sulfonamides is 1. The molecule has 0 radical (unpaired) electrons. The van der Waals surface area contributed by atoms with E-state index in [9.17, 15) is 13.2 Å². The molecule has 28 heavy (non-hydrogen) atoms. The number of carbonyl (C=O) groups is 1. The summed E-state index contributed by atoms with van der Waals surface area (Å²) in [5.74, 6) is -0.385. The molecule has 0 aliphatic heterocycles. The second-order valence-electron chi connectivity index (χ2n) is 6.18. The molecular formula is C19H17Cl2N3O3S. The zero-order valence-electron chi connectivity index (χ0n) is 15.0. The van der Waals surface area contributed by atoms with Crippen LogP contribution in [-0.2, 0) is 17.1 Å². The molecule has 9 heteroatoms. The maximum atomic E-state index is 12.4. The van der Waals surface area contributed by atoms with E-state index < -0.39 is 10.0 Å². The van der Waals surface area contributed by atoms with E-state index in [0.29, 0.717) is 17.1 Å². The molecule has 0 spiro atoms. The maximum absolute atomic E-state index is 12.4. The summed E-state index contributed by atoms with van der Waals surface area (Å²) in [4.78, 5) is 12.5. The van der Waals surface area contributed by atoms with Crippen molar-refractivity contribution in [2.75, 3.05) is 10.0 Å². The first-order valence-corrected chi connectivity index (χ1v) is 10.4. The molecule has 3 rings (SSSR count). The summed E-state index contributed by atoms with van der Waals surface area (Å²) in [6.45, 7) is 1.88. The van der Waals surface area contributed by atoms with E-state index in [0.717, 1.165) is 5.56 Å². The molecule has 1 aromatic heterocycles. The lowest BCUT2D eigenvalue weighted by Crippen LogP contribution is -2.16. The fourth-order valence-corrected chi connectivity index (χ4v) is 3.94. The van der Waals surface area contributed by atoms with Crippen molar-refractivity contribution in [3.8, 4) is 0 Å². The van der Waals surface area contributed by atoms with Crippen LogP contribution >= 0.6 is 23.2 Å². The third kappa shape index (κ3) is 4.32. The normalized spacial score (nSPS) is 11.3. The third-order valence-corrected chi connectivity index (χ3v) is 6.31. The number of aryl methyl sites for hydroxylation is 1. The minimum Gasteiger partial charge on any atom is -0.329 e. The molecule has 0 saturated heterocycles. The van der Waals surface area contributed by atoms with Crippen LogP contribution in [0.5, 0.6) is 0 Å². The van der Waals surface area contributed by atoms with E-state index in [1.165, 1.54) is 10.6 Å². The zero-order chi connectivity index (χ0) is 20.5. The number of anilines is 2. The molecule has 0 unspecified atom stereocenters. The molecule has 1 heterocycles. The van der Waals surface area contributed by atoms with Crippen molar-refractivity contribution in [1.82, 2.24) is 4.57 Å². The zero-order valence-corrected chi connectivity index (χ0v) is 17.4. The van der Waals surface area contributed by atoms with Crippen molar-refractivity contribution < 1.29 is 13.2 Å². The first kappa shape index (κ1) is 20.3. The lowest BCUT2D eigenvalue weighted by molar-refractivity contribution is 0.101. The summed E-state index contributed by atoms with van der Waals surface area (Å²) in [7, 11) is -2.06. The molecule has 3 aromatic rings. The van der Waals surface area contributed by atoms with Gasteiger partial charge in [0.25, 0.3) is 15.9 Å². The molecule has 0 aliphatic carbocycles. The van der Waals surface area contributed by atoms with E-state index in [2.05, 4.69) is 10.0 Å². The quantitative estimate of drug-likeness (QED) is 0.607. The second kappa shape index (κ2) is 7.87. The van der Waals surface area contributed by atoms with Gasteiger partial charge in [0, 0.05) is 18.4 Å². The summed E-state index contributed by atoms with van der Waals surface area (Å²) in [6.07, 6.45) is 0. The first-order chi connectivity index (χ1) is 13.2. The number of hydrogen-bond donors (Lipinski definition) is 2. The Morgan fingerprint density at radius 3 is 2.07 bits per heavy atom. The number of benzene rings is 2. The van der Waals surface area contributed by atoms with E-state index in [1.54, 1.807) is 55.6 Å². The Bertz CT molecular complexity index is 1120. The first-order valence-electron chi connectivity index (χ1n) is 8.19. The van der Waals surface area contributed by atoms with Crippen LogP contribution < -0.4 is 10.0 Å². The number of halogens is 2. The number of hydrogen-bond acceptors (Lipinski definition) is 3. The van der Waals surface area contributed by atoms with Gasteiger partial charge in [0.2, 0.25) is 0 Å². The Labute approximate surface area is 173 Å². The summed E-state index contributed by atoms with van der Waals surface area (Å²) in [5.41, 5.74) is 2.15. The van der Waals surface area contributed by atoms with Gasteiger partial charge in [-0.2, -0.15) is 0 Å². The molecular weight excluding hydrogens is 421 g/mol. The Hall–Kier alpha value is -2.48. The molecule has 2 aromatic carbocycles. The summed E-state index contributed by atoms with van der Waals surface area (Å²) in [5, 5.41) is 3.27. The van der Waals surface area contributed by atoms with Crippen molar-refractivity contribution in [2.45, 2.75) is 11.8 Å². The van der Waals surface area contributed by atoms with E-state index in [1.807, 2.05) is 6.92 Å². The monoisotopic (exact) mass is 437 g/mol. The van der Waals surface area contributed by atoms with Crippen LogP contribution in [0.1, 0.15) is 16.1 Å². The Kier molecular flexibility index (Phi) is 5.69. The fourth-order valence-electron chi connectivity index (χ4n) is 2.51. The van der Waals surface area contributed by atoms with Gasteiger partial charge in [-0.15, -0.1) is 0 Å². The molecule has 146 valence electrons. The van der Waals surface area contributed by atoms with E-state index >= 15 is 0 Å². The van der Waals surface area contributed by atoms with Crippen molar-refractivity contribution >= 4 is 50.5 Å². The van der Waals surface area contributed by atoms with Crippen molar-refractivity contribution in [3.05, 3.63) is 76.0 Å². The highest BCUT2D eigenvalue weighted by atomic mass is 35.5. The average Bonchev–Trinajstić information content (AvgIpc) is 2.91. The van der Waals surface area contributed by atoms with Gasteiger partial charge in [0.1, 0.15) is 10.8 Å². The van der Waals surface area contributed by atoms with Crippen LogP contribution in [0, 0.1) is 6.92 Å². The minimum absolute atomic E-state index is 0.174. The molecule has 2 N–H and O–H groups in total. The highest BCUT2D eigenvalue weighted by molar-refractivity contribution is 7.92. The van der Waals surface area contributed by atoms with Crippen molar-refractivity contribution in [2.24, 2.45) is 7.05 Å². The van der Waals surface area contributed by atoms with Gasteiger partial charge in [-0.25, -0.2) is 8.42 Å². The molecule has 0 atom stereocenters. The largest absolute Gasteiger partial charge is 0.329 e. The van der Waals surface area contributed by atoms with Crippen LogP contribution in [0.25, 0.3) is 0 Å². The number of aromatic nitrogens is 1. The van der Waals surface area contributed by atoms with Crippen molar-refractivity contribution in [3.63, 3.8) is 0 Å². The Morgan fingerprint density at radius 1 is 0.964 bits per heavy atom. The van der Waals surface area contributed by atoms with Crippen LogP contribution in [0.4, 0.5) is 11.4 Å². The SMILES string of the molecule is Cc1ccc(S(=O)(=O)Nc2ccc(NC(=O)c3cc(Cl)c(Cl)n3C)cc2)cc1. The number of rotatable bonds is 5. The smallest absolute Gasteiger partial charge is 0.272 e. The van der Waals surface area contributed by atoms with Crippen LogP contribution in [0.15, 0.2) is 59.5 Å². The van der Waals surface area contributed by atoms with Crippen LogP contribution in [0.3, 0.4) is 0 Å². The van der Waals surface area contributed by atoms with E-state index in [4.69, 9.17) is 23.2 Å². The minimum atomic E-state index is -3.69. The van der Waals surface area contributed by atoms with Crippen LogP contribution in [0.2, 0.25) is 10.2 Å². The molecule has 0 bridgehead atoms. The number of amides is 1. The predicted molar refractivity (Wildman–Crippen MR) is 112 cm³/mol. The maximum Gasteiger partial charge on any atom is 0.272 e. The Balaban J connectivity index is 1.72. The summed E-state index contributed by atoms with van der Waals surface area (Å²) >= 11 is 11.9. The molecule has 0 fully saturated rings. The lowest BCUT2D eigenvalue weighted by atomic mass is 10.2. The lowest BCUT2D eigenvalue weighted by Gasteiger charge is -2.10. The van der Waals surface area contributed by atoms with Gasteiger partial charge >= 0.3 is 0 Å². The summed E-state index contributed by atoms with van der Waals surface area (Å²) < 4.78 is 28.8.